The molecule has 0 heterocycles. The van der Waals surface area contributed by atoms with E-state index in [-0.39, 0.29) is 0 Å². The van der Waals surface area contributed by atoms with Crippen molar-refractivity contribution in [3.8, 4) is 5.75 Å². The lowest BCUT2D eigenvalue weighted by Gasteiger charge is -2.03. The van der Waals surface area contributed by atoms with Crippen molar-refractivity contribution in [3.05, 3.63) is 48.0 Å². The molecule has 0 fully saturated rings. The number of halogens is 1. The largest absolute Gasteiger partial charge is 0.497 e. The van der Waals surface area contributed by atoms with E-state index in [1.807, 2.05) is 12.1 Å². The summed E-state index contributed by atoms with van der Waals surface area (Å²) in [6.45, 7) is 0. The monoisotopic (exact) mass is 246 g/mol. The van der Waals surface area contributed by atoms with Crippen LogP contribution in [0.25, 0.3) is 16.8 Å². The predicted molar refractivity (Wildman–Crippen MR) is 74.9 cm³/mol. The number of benzene rings is 2. The van der Waals surface area contributed by atoms with E-state index >= 15 is 0 Å². The second kappa shape index (κ2) is 5.74. The van der Waals surface area contributed by atoms with Gasteiger partial charge in [-0.05, 0) is 41.0 Å². The summed E-state index contributed by atoms with van der Waals surface area (Å²) in [5.74, 6) is 1.56. The highest BCUT2D eigenvalue weighted by atomic mass is 35.5. The highest BCUT2D eigenvalue weighted by molar-refractivity contribution is 6.17. The maximum Gasteiger partial charge on any atom is 0.119 e. The second-order valence-electron chi connectivity index (χ2n) is 3.85. The third-order valence-electron chi connectivity index (χ3n) is 2.66. The molecule has 0 amide bonds. The molecule has 0 unspecified atom stereocenters. The minimum atomic E-state index is 0.668. The third kappa shape index (κ3) is 3.01. The summed E-state index contributed by atoms with van der Waals surface area (Å²) in [5, 5.41) is 2.41. The predicted octanol–water partition coefficient (Wildman–Crippen LogP) is 4.49. The lowest BCUT2D eigenvalue weighted by atomic mass is 10.1. The molecule has 0 aliphatic carbocycles. The van der Waals surface area contributed by atoms with E-state index in [0.29, 0.717) is 5.88 Å². The topological polar surface area (TPSA) is 9.23 Å². The number of ether oxygens (including phenoxy) is 1. The highest BCUT2D eigenvalue weighted by Crippen LogP contribution is 2.22. The molecule has 0 saturated heterocycles. The summed E-state index contributed by atoms with van der Waals surface area (Å²) in [5.41, 5.74) is 1.20. The van der Waals surface area contributed by atoms with Crippen LogP contribution in [0, 0.1) is 0 Å². The maximum absolute atomic E-state index is 5.63. The highest BCUT2D eigenvalue weighted by Gasteiger charge is 1.96. The maximum atomic E-state index is 5.63. The Morgan fingerprint density at radius 2 is 1.88 bits per heavy atom. The molecule has 0 atom stereocenters. The van der Waals surface area contributed by atoms with Gasteiger partial charge in [-0.15, -0.1) is 11.6 Å². The average Bonchev–Trinajstić information content (AvgIpc) is 2.38. The van der Waals surface area contributed by atoms with Crippen LogP contribution in [0.15, 0.2) is 42.5 Å². The van der Waals surface area contributed by atoms with Gasteiger partial charge in [-0.2, -0.15) is 0 Å². The zero-order valence-corrected chi connectivity index (χ0v) is 10.6. The lowest BCUT2D eigenvalue weighted by Crippen LogP contribution is -1.82. The van der Waals surface area contributed by atoms with Crippen molar-refractivity contribution < 1.29 is 4.74 Å². The molecule has 2 rings (SSSR count). The van der Waals surface area contributed by atoms with Crippen LogP contribution in [-0.2, 0) is 0 Å². The van der Waals surface area contributed by atoms with Crippen molar-refractivity contribution in [2.45, 2.75) is 6.42 Å². The van der Waals surface area contributed by atoms with Gasteiger partial charge in [0.15, 0.2) is 0 Å². The van der Waals surface area contributed by atoms with Crippen LogP contribution < -0.4 is 4.74 Å². The quantitative estimate of drug-likeness (QED) is 0.723. The molecule has 0 aromatic heterocycles. The number of fused-ring (bicyclic) bond motifs is 1. The van der Waals surface area contributed by atoms with Gasteiger partial charge in [-0.3, -0.25) is 0 Å². The number of alkyl halides is 1. The molecule has 1 nitrogen and oxygen atoms in total. The van der Waals surface area contributed by atoms with E-state index in [2.05, 4.69) is 36.4 Å². The van der Waals surface area contributed by atoms with Crippen LogP contribution in [-0.4, -0.2) is 13.0 Å². The molecular weight excluding hydrogens is 232 g/mol. The molecule has 2 aromatic rings. The SMILES string of the molecule is COc1ccc2cc(C=CCCCl)ccc2c1. The van der Waals surface area contributed by atoms with Crippen LogP contribution in [0.3, 0.4) is 0 Å². The average molecular weight is 247 g/mol. The Morgan fingerprint density at radius 1 is 1.12 bits per heavy atom. The van der Waals surface area contributed by atoms with Crippen LogP contribution in [0.2, 0.25) is 0 Å². The molecule has 0 aliphatic heterocycles. The molecular formula is C15H15ClO. The molecule has 0 aliphatic rings. The summed E-state index contributed by atoms with van der Waals surface area (Å²) in [4.78, 5) is 0. The Labute approximate surface area is 107 Å². The van der Waals surface area contributed by atoms with Gasteiger partial charge in [-0.1, -0.05) is 30.4 Å². The van der Waals surface area contributed by atoms with Crippen LogP contribution in [0.5, 0.6) is 5.75 Å². The van der Waals surface area contributed by atoms with Gasteiger partial charge in [0.25, 0.3) is 0 Å². The molecule has 0 radical (unpaired) electrons. The molecule has 2 heteroatoms. The number of hydrogen-bond acceptors (Lipinski definition) is 1. The van der Waals surface area contributed by atoms with Gasteiger partial charge in [-0.25, -0.2) is 0 Å². The molecule has 88 valence electrons. The molecule has 0 bridgehead atoms. The summed E-state index contributed by atoms with van der Waals surface area (Å²) in [6.07, 6.45) is 5.10. The molecule has 0 saturated carbocycles. The van der Waals surface area contributed by atoms with E-state index in [1.165, 1.54) is 16.3 Å². The summed E-state index contributed by atoms with van der Waals surface area (Å²) < 4.78 is 5.20. The number of rotatable bonds is 4. The summed E-state index contributed by atoms with van der Waals surface area (Å²) in [7, 11) is 1.68. The first-order valence-corrected chi connectivity index (χ1v) is 6.17. The standard InChI is InChI=1S/C15H15ClO/c1-17-15-8-7-13-10-12(4-2-3-9-16)5-6-14(13)11-15/h2,4-8,10-11H,3,9H2,1H3. The van der Waals surface area contributed by atoms with E-state index in [9.17, 15) is 0 Å². The van der Waals surface area contributed by atoms with Crippen molar-refractivity contribution in [1.29, 1.82) is 0 Å². The second-order valence-corrected chi connectivity index (χ2v) is 4.23. The van der Waals surface area contributed by atoms with Gasteiger partial charge in [0.2, 0.25) is 0 Å². The zero-order chi connectivity index (χ0) is 12.1. The Kier molecular flexibility index (Phi) is 4.05. The van der Waals surface area contributed by atoms with Gasteiger partial charge in [0.05, 0.1) is 7.11 Å². The number of hydrogen-bond donors (Lipinski definition) is 0. The van der Waals surface area contributed by atoms with E-state index < -0.39 is 0 Å². The first-order valence-electron chi connectivity index (χ1n) is 5.64. The third-order valence-corrected chi connectivity index (χ3v) is 2.88. The van der Waals surface area contributed by atoms with Crippen molar-refractivity contribution in [2.75, 3.05) is 13.0 Å². The van der Waals surface area contributed by atoms with Gasteiger partial charge in [0.1, 0.15) is 5.75 Å². The fraction of sp³-hybridized carbons (Fsp3) is 0.200. The van der Waals surface area contributed by atoms with Crippen LogP contribution in [0.4, 0.5) is 0 Å². The zero-order valence-electron chi connectivity index (χ0n) is 9.82. The number of methoxy groups -OCH3 is 1. The van der Waals surface area contributed by atoms with E-state index in [4.69, 9.17) is 16.3 Å². The molecule has 17 heavy (non-hydrogen) atoms. The molecule has 2 aromatic carbocycles. The first kappa shape index (κ1) is 12.0. The molecule has 0 spiro atoms. The summed E-state index contributed by atoms with van der Waals surface area (Å²) >= 11 is 5.63. The fourth-order valence-corrected chi connectivity index (χ4v) is 1.88. The first-order chi connectivity index (χ1) is 8.33. The Morgan fingerprint density at radius 3 is 2.65 bits per heavy atom. The van der Waals surface area contributed by atoms with Gasteiger partial charge >= 0.3 is 0 Å². The smallest absolute Gasteiger partial charge is 0.119 e. The van der Waals surface area contributed by atoms with Crippen LogP contribution >= 0.6 is 11.6 Å². The number of allylic oxidation sites excluding steroid dienone is 1. The molecule has 0 N–H and O–H groups in total. The van der Waals surface area contributed by atoms with Gasteiger partial charge in [0, 0.05) is 5.88 Å². The van der Waals surface area contributed by atoms with Crippen molar-refractivity contribution in [3.63, 3.8) is 0 Å². The van der Waals surface area contributed by atoms with Crippen LogP contribution in [0.1, 0.15) is 12.0 Å². The summed E-state index contributed by atoms with van der Waals surface area (Å²) in [6, 6.07) is 12.5. The van der Waals surface area contributed by atoms with Crippen molar-refractivity contribution >= 4 is 28.4 Å². The van der Waals surface area contributed by atoms with Crippen molar-refractivity contribution in [1.82, 2.24) is 0 Å². The normalized spacial score (nSPS) is 11.2. The van der Waals surface area contributed by atoms with E-state index in [0.717, 1.165) is 12.2 Å². The minimum absolute atomic E-state index is 0.668. The van der Waals surface area contributed by atoms with E-state index in [1.54, 1.807) is 7.11 Å². The Balaban J connectivity index is 2.31. The Hall–Kier alpha value is -1.47. The van der Waals surface area contributed by atoms with Crippen molar-refractivity contribution in [2.24, 2.45) is 0 Å². The minimum Gasteiger partial charge on any atom is -0.497 e. The Bertz CT molecular complexity index is 531. The lowest BCUT2D eigenvalue weighted by molar-refractivity contribution is 0.415. The van der Waals surface area contributed by atoms with Gasteiger partial charge < -0.3 is 4.74 Å². The fourth-order valence-electron chi connectivity index (χ4n) is 1.76.